The number of benzene rings is 1. The summed E-state index contributed by atoms with van der Waals surface area (Å²) in [6.45, 7) is 3.21. The van der Waals surface area contributed by atoms with Gasteiger partial charge >= 0.3 is 0 Å². The number of hydrogen-bond donors (Lipinski definition) is 2. The fourth-order valence-electron chi connectivity index (χ4n) is 2.74. The summed E-state index contributed by atoms with van der Waals surface area (Å²) in [6, 6.07) is 7.27. The van der Waals surface area contributed by atoms with E-state index in [1.165, 1.54) is 0 Å². The first-order valence-corrected chi connectivity index (χ1v) is 8.52. The minimum atomic E-state index is -0.475. The third-order valence-electron chi connectivity index (χ3n) is 4.17. The lowest BCUT2D eigenvalue weighted by atomic mass is 10.0. The van der Waals surface area contributed by atoms with E-state index >= 15 is 0 Å². The molecule has 0 saturated carbocycles. The monoisotopic (exact) mass is 370 g/mol. The van der Waals surface area contributed by atoms with Gasteiger partial charge in [0, 0.05) is 12.7 Å². The number of ether oxygens (including phenoxy) is 3. The van der Waals surface area contributed by atoms with E-state index in [9.17, 15) is 4.79 Å². The Hall–Kier alpha value is -2.81. The average Bonchev–Trinajstić information content (AvgIpc) is 2.72. The second kappa shape index (κ2) is 8.72. The Morgan fingerprint density at radius 3 is 2.89 bits per heavy atom. The molecule has 2 aromatic rings. The van der Waals surface area contributed by atoms with Crippen LogP contribution in [0.4, 0.5) is 0 Å². The Kier molecular flexibility index (Phi) is 6.12. The lowest BCUT2D eigenvalue weighted by Gasteiger charge is -2.15. The van der Waals surface area contributed by atoms with Gasteiger partial charge in [0.2, 0.25) is 0 Å². The van der Waals surface area contributed by atoms with Crippen molar-refractivity contribution in [1.29, 1.82) is 0 Å². The molecule has 0 unspecified atom stereocenters. The number of hydrogen-bond acceptors (Lipinski definition) is 7. The Morgan fingerprint density at radius 1 is 1.33 bits per heavy atom. The zero-order chi connectivity index (χ0) is 19.2. The summed E-state index contributed by atoms with van der Waals surface area (Å²) in [7, 11) is 1.56. The minimum Gasteiger partial charge on any atom is -0.468 e. The van der Waals surface area contributed by atoms with E-state index in [0.717, 1.165) is 16.7 Å². The highest BCUT2D eigenvalue weighted by Gasteiger charge is 2.17. The van der Waals surface area contributed by atoms with Crippen LogP contribution in [-0.2, 0) is 9.47 Å². The van der Waals surface area contributed by atoms with Gasteiger partial charge in [0.15, 0.2) is 12.6 Å². The van der Waals surface area contributed by atoms with Crippen LogP contribution >= 0.6 is 0 Å². The number of nitrogens with two attached hydrogens (primary N) is 1. The maximum absolute atomic E-state index is 12.1. The van der Waals surface area contributed by atoms with Crippen LogP contribution in [0.1, 0.15) is 28.3 Å². The first-order chi connectivity index (χ1) is 13.1. The molecule has 142 valence electrons. The largest absolute Gasteiger partial charge is 0.468 e. The van der Waals surface area contributed by atoms with Crippen LogP contribution < -0.4 is 16.0 Å². The van der Waals surface area contributed by atoms with Crippen molar-refractivity contribution in [2.24, 2.45) is 5.84 Å². The molecule has 3 rings (SSSR count). The van der Waals surface area contributed by atoms with Gasteiger partial charge < -0.3 is 14.2 Å². The van der Waals surface area contributed by atoms with Gasteiger partial charge in [-0.3, -0.25) is 10.2 Å². The number of carbonyl (C=O) groups is 1. The molecule has 1 aromatic heterocycles. The number of nitrogens with one attached hydrogen (secondary N) is 1. The number of nitrogen functional groups attached to an aromatic ring is 1. The molecule has 1 aliphatic heterocycles. The maximum atomic E-state index is 12.1. The van der Waals surface area contributed by atoms with Gasteiger partial charge in [-0.2, -0.15) is 0 Å². The second-order valence-electron chi connectivity index (χ2n) is 6.02. The lowest BCUT2D eigenvalue weighted by Crippen LogP contribution is -2.31. The Balaban J connectivity index is 2.08. The zero-order valence-electron chi connectivity index (χ0n) is 15.3. The smallest absolute Gasteiger partial charge is 0.283 e. The fraction of sp³-hybridized carbons (Fsp3) is 0.316. The molecule has 0 spiro atoms. The van der Waals surface area contributed by atoms with E-state index < -0.39 is 5.91 Å². The van der Waals surface area contributed by atoms with Crippen molar-refractivity contribution in [1.82, 2.24) is 15.4 Å². The highest BCUT2D eigenvalue weighted by Crippen LogP contribution is 2.29. The Labute approximate surface area is 157 Å². The number of aromatic nitrogens is 2. The molecule has 1 aliphatic rings. The molecule has 0 atom stereocenters. The van der Waals surface area contributed by atoms with Crippen molar-refractivity contribution in [3.63, 3.8) is 0 Å². The number of rotatable bonds is 6. The van der Waals surface area contributed by atoms with Crippen molar-refractivity contribution in [3.8, 4) is 17.0 Å². The normalized spacial score (nSPS) is 13.8. The average molecular weight is 370 g/mol. The number of amides is 1. The number of methoxy groups -OCH3 is 1. The van der Waals surface area contributed by atoms with Crippen molar-refractivity contribution in [3.05, 3.63) is 47.4 Å². The molecule has 8 nitrogen and oxygen atoms in total. The van der Waals surface area contributed by atoms with Crippen LogP contribution in [0.25, 0.3) is 16.8 Å². The van der Waals surface area contributed by atoms with Crippen LogP contribution in [0.2, 0.25) is 0 Å². The van der Waals surface area contributed by atoms with Crippen LogP contribution in [0.5, 0.6) is 5.75 Å². The molecule has 0 aliphatic carbocycles. The molecule has 1 amide bonds. The van der Waals surface area contributed by atoms with Crippen molar-refractivity contribution >= 4 is 11.5 Å². The summed E-state index contributed by atoms with van der Waals surface area (Å²) in [5, 5.41) is 0. The second-order valence-corrected chi connectivity index (χ2v) is 6.02. The summed E-state index contributed by atoms with van der Waals surface area (Å²) >= 11 is 0. The first kappa shape index (κ1) is 19.0. The van der Waals surface area contributed by atoms with Crippen molar-refractivity contribution < 1.29 is 19.0 Å². The predicted octanol–water partition coefficient (Wildman–Crippen LogP) is 1.84. The van der Waals surface area contributed by atoms with E-state index in [1.54, 1.807) is 13.2 Å². The van der Waals surface area contributed by atoms with E-state index in [0.29, 0.717) is 36.9 Å². The van der Waals surface area contributed by atoms with Crippen LogP contribution in [0, 0.1) is 6.92 Å². The summed E-state index contributed by atoms with van der Waals surface area (Å²) in [4.78, 5) is 21.2. The molecular weight excluding hydrogens is 348 g/mol. The molecule has 8 heteroatoms. The van der Waals surface area contributed by atoms with Crippen molar-refractivity contribution in [2.75, 3.05) is 27.1 Å². The van der Waals surface area contributed by atoms with Gasteiger partial charge in [-0.1, -0.05) is 12.1 Å². The number of nitrogens with zero attached hydrogens (tertiary/aromatic N) is 2. The highest BCUT2D eigenvalue weighted by atomic mass is 16.7. The molecule has 27 heavy (non-hydrogen) atoms. The van der Waals surface area contributed by atoms with Gasteiger partial charge in [-0.15, -0.1) is 0 Å². The van der Waals surface area contributed by atoms with Crippen LogP contribution in [-0.4, -0.2) is 43.0 Å². The van der Waals surface area contributed by atoms with Gasteiger partial charge in [0.1, 0.15) is 11.4 Å². The molecule has 1 aromatic carbocycles. The molecule has 0 fully saturated rings. The van der Waals surface area contributed by atoms with E-state index in [2.05, 4.69) is 15.4 Å². The molecule has 3 N–H and O–H groups in total. The molecule has 0 saturated heterocycles. The third-order valence-corrected chi connectivity index (χ3v) is 4.17. The summed E-state index contributed by atoms with van der Waals surface area (Å²) < 4.78 is 15.8. The SMILES string of the molecule is COCOc1ccc(C)c(-c2cc(C(=O)NN)nc(C3=CCOCC3)n2)c1. The van der Waals surface area contributed by atoms with E-state index in [1.807, 2.05) is 31.2 Å². The first-order valence-electron chi connectivity index (χ1n) is 8.52. The number of hydrazine groups is 1. The zero-order valence-corrected chi connectivity index (χ0v) is 15.3. The van der Waals surface area contributed by atoms with E-state index in [-0.39, 0.29) is 12.5 Å². The highest BCUT2D eigenvalue weighted by molar-refractivity contribution is 5.93. The maximum Gasteiger partial charge on any atom is 0.283 e. The topological polar surface area (TPSA) is 109 Å². The Bertz CT molecular complexity index is 867. The quantitative estimate of drug-likeness (QED) is 0.346. The third kappa shape index (κ3) is 4.48. The van der Waals surface area contributed by atoms with Crippen molar-refractivity contribution in [2.45, 2.75) is 13.3 Å². The molecular formula is C19H22N4O4. The van der Waals surface area contributed by atoms with Crippen LogP contribution in [0.3, 0.4) is 0 Å². The summed E-state index contributed by atoms with van der Waals surface area (Å²) in [5.74, 6) is 5.97. The van der Waals surface area contributed by atoms with Gasteiger partial charge in [-0.25, -0.2) is 15.8 Å². The number of carbonyl (C=O) groups excluding carboxylic acids is 1. The molecule has 0 bridgehead atoms. The van der Waals surface area contributed by atoms with E-state index in [4.69, 9.17) is 20.1 Å². The Morgan fingerprint density at radius 2 is 2.19 bits per heavy atom. The standard InChI is InChI=1S/C19H22N4O4/c1-12-3-4-14(27-11-25-2)9-15(12)16-10-17(19(24)23-20)22-18(21-16)13-5-7-26-8-6-13/h3-5,9-10H,6-8,11,20H2,1-2H3,(H,23,24). The van der Waals surface area contributed by atoms with Crippen LogP contribution in [0.15, 0.2) is 30.3 Å². The predicted molar refractivity (Wildman–Crippen MR) is 99.8 cm³/mol. The molecule has 0 radical (unpaired) electrons. The molecule has 2 heterocycles. The van der Waals surface area contributed by atoms with Gasteiger partial charge in [-0.05, 0) is 42.7 Å². The summed E-state index contributed by atoms with van der Waals surface area (Å²) in [5.41, 5.74) is 5.72. The van der Waals surface area contributed by atoms with Gasteiger partial charge in [0.05, 0.1) is 18.9 Å². The minimum absolute atomic E-state index is 0.144. The number of aryl methyl sites for hydroxylation is 1. The lowest BCUT2D eigenvalue weighted by molar-refractivity contribution is 0.0511. The fourth-order valence-corrected chi connectivity index (χ4v) is 2.74. The van der Waals surface area contributed by atoms with Gasteiger partial charge in [0.25, 0.3) is 5.91 Å². The summed E-state index contributed by atoms with van der Waals surface area (Å²) in [6.07, 6.45) is 2.61.